The summed E-state index contributed by atoms with van der Waals surface area (Å²) in [5.74, 6) is 0.110. The molecule has 6 nitrogen and oxygen atoms in total. The number of nitrogens with zero attached hydrogens (tertiary/aromatic N) is 1. The minimum atomic E-state index is -3.02. The second-order valence-corrected chi connectivity index (χ2v) is 9.21. The molecule has 0 aromatic carbocycles. The molecular weight excluding hydrogens is 346 g/mol. The molecule has 2 heterocycles. The van der Waals surface area contributed by atoms with Crippen LogP contribution < -0.4 is 11.3 Å². The molecule has 8 heteroatoms. The van der Waals surface area contributed by atoms with E-state index in [-0.39, 0.29) is 17.1 Å². The van der Waals surface area contributed by atoms with Gasteiger partial charge in [-0.15, -0.1) is 0 Å². The average Bonchev–Trinajstić information content (AvgIpc) is 2.29. The van der Waals surface area contributed by atoms with Gasteiger partial charge in [0, 0.05) is 16.2 Å². The summed E-state index contributed by atoms with van der Waals surface area (Å²) in [5, 5.41) is 0. The number of hydrogen-bond acceptors (Lipinski definition) is 5. The van der Waals surface area contributed by atoms with Gasteiger partial charge in [-0.25, -0.2) is 0 Å². The van der Waals surface area contributed by atoms with Gasteiger partial charge in [0.1, 0.15) is 16.1 Å². The highest BCUT2D eigenvalue weighted by Gasteiger charge is 2.49. The lowest BCUT2D eigenvalue weighted by Crippen LogP contribution is -2.53. The number of pyridine rings is 1. The quantitative estimate of drug-likeness (QED) is 0.612. The van der Waals surface area contributed by atoms with Crippen molar-refractivity contribution >= 4 is 32.4 Å². The van der Waals surface area contributed by atoms with E-state index in [1.165, 1.54) is 6.20 Å². The van der Waals surface area contributed by atoms with Gasteiger partial charge in [-0.05, 0) is 42.8 Å². The number of aliphatic imine (C=N–C) groups is 1. The van der Waals surface area contributed by atoms with Gasteiger partial charge in [-0.3, -0.25) is 18.9 Å². The summed E-state index contributed by atoms with van der Waals surface area (Å²) < 4.78 is 20.5. The molecule has 0 amide bonds. The van der Waals surface area contributed by atoms with Crippen LogP contribution in [0.25, 0.3) is 0 Å². The molecule has 0 unspecified atom stereocenters. The van der Waals surface area contributed by atoms with Gasteiger partial charge in [0.15, 0.2) is 0 Å². The lowest BCUT2D eigenvalue weighted by atomic mass is 9.95. The van der Waals surface area contributed by atoms with Crippen LogP contribution in [0.4, 0.5) is 0 Å². The van der Waals surface area contributed by atoms with Crippen molar-refractivity contribution in [1.82, 2.24) is 4.98 Å². The maximum Gasteiger partial charge on any atom is 0.253 e. The molecule has 0 bridgehead atoms. The molecule has 1 atom stereocenters. The summed E-state index contributed by atoms with van der Waals surface area (Å²) in [4.78, 5) is 19.0. The molecule has 0 saturated heterocycles. The number of aromatic amines is 1. The second-order valence-electron chi connectivity index (χ2n) is 5.65. The molecule has 1 aromatic rings. The molecule has 2 rings (SSSR count). The standard InChI is InChI=1S/C12H18BrN3O3S/c1-11(2)10(14)16-12(3,6-20(11,18)19)8-4-7(13)5-15-9(8)17/h4-5,18-19H,6H2,1-3H3,(H2,14,16)(H,15,17)/t12-/m0/s1. The number of rotatable bonds is 1. The summed E-state index contributed by atoms with van der Waals surface area (Å²) in [6.07, 6.45) is 1.52. The van der Waals surface area contributed by atoms with Crippen LogP contribution in [0.5, 0.6) is 0 Å². The number of amidine groups is 1. The highest BCUT2D eigenvalue weighted by atomic mass is 79.9. The molecular formula is C12H18BrN3O3S. The number of halogens is 1. The molecule has 0 radical (unpaired) electrons. The summed E-state index contributed by atoms with van der Waals surface area (Å²) >= 11 is 3.29. The minimum absolute atomic E-state index is 0.0345. The third-order valence-electron chi connectivity index (χ3n) is 3.73. The van der Waals surface area contributed by atoms with Crippen molar-refractivity contribution in [2.24, 2.45) is 10.7 Å². The van der Waals surface area contributed by atoms with E-state index in [0.29, 0.717) is 10.0 Å². The third kappa shape index (κ3) is 2.30. The molecule has 112 valence electrons. The van der Waals surface area contributed by atoms with Crippen molar-refractivity contribution in [2.75, 3.05) is 5.75 Å². The molecule has 0 spiro atoms. The SMILES string of the molecule is CC1(C)C(N)=N[C@](C)(c2cc(Br)c[nH]c2=O)CS1(O)O. The smallest absolute Gasteiger partial charge is 0.253 e. The highest BCUT2D eigenvalue weighted by Crippen LogP contribution is 2.58. The zero-order chi connectivity index (χ0) is 15.3. The van der Waals surface area contributed by atoms with Crippen molar-refractivity contribution in [3.63, 3.8) is 0 Å². The van der Waals surface area contributed by atoms with E-state index >= 15 is 0 Å². The van der Waals surface area contributed by atoms with Gasteiger partial charge in [0.2, 0.25) is 0 Å². The summed E-state index contributed by atoms with van der Waals surface area (Å²) in [5.41, 5.74) is 4.89. The Morgan fingerprint density at radius 1 is 1.45 bits per heavy atom. The van der Waals surface area contributed by atoms with E-state index in [4.69, 9.17) is 5.73 Å². The van der Waals surface area contributed by atoms with E-state index in [2.05, 4.69) is 25.9 Å². The molecule has 0 saturated carbocycles. The van der Waals surface area contributed by atoms with Gasteiger partial charge in [0.25, 0.3) is 5.56 Å². The summed E-state index contributed by atoms with van der Waals surface area (Å²) in [6.45, 7) is 4.97. The molecule has 0 aliphatic carbocycles. The number of H-pyrrole nitrogens is 1. The number of aromatic nitrogens is 1. The predicted octanol–water partition coefficient (Wildman–Crippen LogP) is 2.25. The number of nitrogens with two attached hydrogens (primary N) is 1. The Bertz CT molecular complexity index is 641. The molecule has 1 aliphatic heterocycles. The Hall–Kier alpha value is -0.830. The summed E-state index contributed by atoms with van der Waals surface area (Å²) in [6, 6.07) is 1.63. The van der Waals surface area contributed by atoms with Gasteiger partial charge in [-0.2, -0.15) is 10.6 Å². The van der Waals surface area contributed by atoms with Gasteiger partial charge >= 0.3 is 0 Å². The largest absolute Gasteiger partial charge is 0.386 e. The first-order chi connectivity index (χ1) is 8.99. The van der Waals surface area contributed by atoms with Crippen molar-refractivity contribution in [2.45, 2.75) is 31.1 Å². The van der Waals surface area contributed by atoms with Crippen molar-refractivity contribution in [1.29, 1.82) is 0 Å². The monoisotopic (exact) mass is 363 g/mol. The Labute approximate surface area is 127 Å². The first kappa shape index (κ1) is 15.6. The van der Waals surface area contributed by atoms with E-state index in [0.717, 1.165) is 0 Å². The van der Waals surface area contributed by atoms with Crippen LogP contribution in [0.3, 0.4) is 0 Å². The average molecular weight is 364 g/mol. The van der Waals surface area contributed by atoms with Gasteiger partial charge < -0.3 is 10.7 Å². The lowest BCUT2D eigenvalue weighted by Gasteiger charge is -2.53. The predicted molar refractivity (Wildman–Crippen MR) is 85.5 cm³/mol. The number of hydrogen-bond donors (Lipinski definition) is 4. The van der Waals surface area contributed by atoms with Crippen LogP contribution >= 0.6 is 26.5 Å². The highest BCUT2D eigenvalue weighted by molar-refractivity contribution is 9.10. The fourth-order valence-corrected chi connectivity index (χ4v) is 4.26. The van der Waals surface area contributed by atoms with E-state index in [9.17, 15) is 13.9 Å². The van der Waals surface area contributed by atoms with Crippen molar-refractivity contribution < 1.29 is 9.11 Å². The van der Waals surface area contributed by atoms with Crippen LogP contribution in [-0.4, -0.2) is 30.4 Å². The van der Waals surface area contributed by atoms with Crippen LogP contribution in [0.15, 0.2) is 26.5 Å². The Kier molecular flexibility index (Phi) is 3.57. The van der Waals surface area contributed by atoms with Crippen molar-refractivity contribution in [3.8, 4) is 0 Å². The number of nitrogens with one attached hydrogen (secondary N) is 1. The topological polar surface area (TPSA) is 112 Å². The Balaban J connectivity index is 2.65. The van der Waals surface area contributed by atoms with Crippen LogP contribution in [0.2, 0.25) is 0 Å². The van der Waals surface area contributed by atoms with E-state index in [1.54, 1.807) is 26.8 Å². The van der Waals surface area contributed by atoms with Gasteiger partial charge in [-0.1, -0.05) is 0 Å². The first-order valence-corrected chi connectivity index (χ1v) is 8.50. The zero-order valence-corrected chi connectivity index (χ0v) is 13.9. The minimum Gasteiger partial charge on any atom is -0.386 e. The molecule has 20 heavy (non-hydrogen) atoms. The summed E-state index contributed by atoms with van der Waals surface area (Å²) in [7, 11) is -3.02. The van der Waals surface area contributed by atoms with Gasteiger partial charge in [0.05, 0.1) is 5.75 Å². The molecule has 1 aliphatic rings. The van der Waals surface area contributed by atoms with E-state index in [1.807, 2.05) is 0 Å². The Morgan fingerprint density at radius 2 is 2.05 bits per heavy atom. The fourth-order valence-electron chi connectivity index (χ4n) is 2.17. The van der Waals surface area contributed by atoms with E-state index < -0.39 is 20.9 Å². The van der Waals surface area contributed by atoms with Crippen LogP contribution in [-0.2, 0) is 5.54 Å². The molecule has 0 fully saturated rings. The maximum absolute atomic E-state index is 12.0. The Morgan fingerprint density at radius 3 is 2.60 bits per heavy atom. The third-order valence-corrected chi connectivity index (χ3v) is 7.00. The van der Waals surface area contributed by atoms with Crippen LogP contribution in [0.1, 0.15) is 26.3 Å². The first-order valence-electron chi connectivity index (χ1n) is 6.00. The van der Waals surface area contributed by atoms with Crippen LogP contribution in [0, 0.1) is 0 Å². The van der Waals surface area contributed by atoms with Crippen molar-refractivity contribution in [3.05, 3.63) is 32.7 Å². The second kappa shape index (κ2) is 4.59. The maximum atomic E-state index is 12.0. The fraction of sp³-hybridized carbons (Fsp3) is 0.500. The molecule has 5 N–H and O–H groups in total. The molecule has 1 aromatic heterocycles. The lowest BCUT2D eigenvalue weighted by molar-refractivity contribution is 0.423. The zero-order valence-electron chi connectivity index (χ0n) is 11.5. The normalized spacial score (nSPS) is 29.6.